The Hall–Kier alpha value is -2.14. The van der Waals surface area contributed by atoms with Gasteiger partial charge in [-0.25, -0.2) is 9.97 Å². The minimum Gasteiger partial charge on any atom is -0.356 e. The number of anilines is 1. The monoisotopic (exact) mass is 543 g/mol. The lowest BCUT2D eigenvalue weighted by Gasteiger charge is -2.34. The van der Waals surface area contributed by atoms with Crippen molar-refractivity contribution in [2.75, 3.05) is 44.7 Å². The molecule has 30 heavy (non-hydrogen) atoms. The van der Waals surface area contributed by atoms with Gasteiger partial charge in [0.1, 0.15) is 0 Å². The molecule has 2 N–H and O–H groups in total. The van der Waals surface area contributed by atoms with Crippen LogP contribution in [0.1, 0.15) is 12.0 Å². The van der Waals surface area contributed by atoms with E-state index < -0.39 is 0 Å². The molecule has 10 heteroatoms. The zero-order valence-electron chi connectivity index (χ0n) is 16.9. The zero-order chi connectivity index (χ0) is 20.5. The van der Waals surface area contributed by atoms with E-state index in [4.69, 9.17) is 11.6 Å². The van der Waals surface area contributed by atoms with Crippen molar-refractivity contribution in [2.45, 2.75) is 13.0 Å². The van der Waals surface area contributed by atoms with E-state index in [1.807, 2.05) is 29.2 Å². The molecule has 0 bridgehead atoms. The van der Waals surface area contributed by atoms with E-state index >= 15 is 0 Å². The average Bonchev–Trinajstić information content (AvgIpc) is 2.78. The highest BCUT2D eigenvalue weighted by Gasteiger charge is 2.22. The Bertz CT molecular complexity index is 812. The summed E-state index contributed by atoms with van der Waals surface area (Å²) in [4.78, 5) is 29.2. The summed E-state index contributed by atoms with van der Waals surface area (Å²) < 4.78 is 0. The van der Waals surface area contributed by atoms with Gasteiger partial charge in [-0.3, -0.25) is 9.79 Å². The molecule has 3 rings (SSSR count). The molecule has 1 fully saturated rings. The maximum Gasteiger partial charge on any atom is 0.225 e. The number of hydrogen-bond acceptors (Lipinski definition) is 5. The second-order valence-corrected chi connectivity index (χ2v) is 7.08. The Morgan fingerprint density at radius 3 is 2.40 bits per heavy atom. The third-order valence-corrected chi connectivity index (χ3v) is 4.95. The first kappa shape index (κ1) is 24.1. The number of nitrogens with one attached hydrogen (secondary N) is 2. The maximum absolute atomic E-state index is 12.5. The van der Waals surface area contributed by atoms with Gasteiger partial charge >= 0.3 is 0 Å². The minimum atomic E-state index is 0. The second-order valence-electron chi connectivity index (χ2n) is 6.65. The third kappa shape index (κ3) is 7.28. The van der Waals surface area contributed by atoms with Crippen LogP contribution in [-0.4, -0.2) is 66.5 Å². The van der Waals surface area contributed by atoms with Gasteiger partial charge in [-0.1, -0.05) is 23.7 Å². The lowest BCUT2D eigenvalue weighted by molar-refractivity contribution is -0.131. The van der Waals surface area contributed by atoms with Gasteiger partial charge in [0, 0.05) is 70.2 Å². The maximum atomic E-state index is 12.5. The minimum absolute atomic E-state index is 0. The second kappa shape index (κ2) is 12.5. The van der Waals surface area contributed by atoms with Crippen LogP contribution in [0, 0.1) is 0 Å². The fraction of sp³-hybridized carbons (Fsp3) is 0.400. The van der Waals surface area contributed by atoms with Gasteiger partial charge in [0.15, 0.2) is 5.96 Å². The summed E-state index contributed by atoms with van der Waals surface area (Å²) >= 11 is 5.90. The van der Waals surface area contributed by atoms with Crippen molar-refractivity contribution in [3.63, 3.8) is 0 Å². The van der Waals surface area contributed by atoms with Crippen LogP contribution in [-0.2, 0) is 11.3 Å². The SMILES string of the molecule is CN=C(NCCC(=O)N1CCN(c2ncccn2)CC1)NCc1ccc(Cl)cc1.I. The number of benzene rings is 1. The first-order valence-electron chi connectivity index (χ1n) is 9.64. The summed E-state index contributed by atoms with van der Waals surface area (Å²) in [6.07, 6.45) is 3.89. The fourth-order valence-electron chi connectivity index (χ4n) is 3.06. The van der Waals surface area contributed by atoms with Gasteiger partial charge in [0.05, 0.1) is 0 Å². The number of rotatable bonds is 6. The molecule has 8 nitrogen and oxygen atoms in total. The topological polar surface area (TPSA) is 85.8 Å². The Morgan fingerprint density at radius 1 is 1.10 bits per heavy atom. The molecule has 0 atom stereocenters. The largest absolute Gasteiger partial charge is 0.356 e. The average molecular weight is 544 g/mol. The summed E-state index contributed by atoms with van der Waals surface area (Å²) in [5, 5.41) is 7.14. The Labute approximate surface area is 199 Å². The number of halogens is 2. The number of amides is 1. The van der Waals surface area contributed by atoms with Crippen LogP contribution < -0.4 is 15.5 Å². The Balaban J connectivity index is 0.00000320. The molecule has 0 spiro atoms. The van der Waals surface area contributed by atoms with Crippen LogP contribution in [0.25, 0.3) is 0 Å². The van der Waals surface area contributed by atoms with Crippen molar-refractivity contribution in [3.05, 3.63) is 53.3 Å². The van der Waals surface area contributed by atoms with E-state index in [9.17, 15) is 4.79 Å². The van der Waals surface area contributed by atoms with Crippen LogP contribution in [0.15, 0.2) is 47.7 Å². The summed E-state index contributed by atoms with van der Waals surface area (Å²) in [5.74, 6) is 1.52. The van der Waals surface area contributed by atoms with E-state index in [0.717, 1.165) is 24.6 Å². The van der Waals surface area contributed by atoms with E-state index in [1.54, 1.807) is 25.5 Å². The van der Waals surface area contributed by atoms with Crippen LogP contribution in [0.2, 0.25) is 5.02 Å². The predicted molar refractivity (Wildman–Crippen MR) is 131 cm³/mol. The molecule has 1 aliphatic rings. The summed E-state index contributed by atoms with van der Waals surface area (Å²) in [6.45, 7) is 4.01. The number of carbonyl (C=O) groups is 1. The van der Waals surface area contributed by atoms with Crippen LogP contribution >= 0.6 is 35.6 Å². The molecule has 1 amide bonds. The number of hydrogen-bond donors (Lipinski definition) is 2. The molecule has 0 saturated carbocycles. The molecule has 1 saturated heterocycles. The smallest absolute Gasteiger partial charge is 0.225 e. The molecule has 1 aromatic carbocycles. The van der Waals surface area contributed by atoms with Gasteiger partial charge in [-0.2, -0.15) is 0 Å². The highest BCUT2D eigenvalue weighted by atomic mass is 127. The summed E-state index contributed by atoms with van der Waals surface area (Å²) in [5.41, 5.74) is 1.11. The number of aromatic nitrogens is 2. The summed E-state index contributed by atoms with van der Waals surface area (Å²) in [7, 11) is 1.71. The standard InChI is InChI=1S/C20H26ClN7O.HI/c1-22-19(26-15-16-3-5-17(21)6-4-16)23-10-7-18(29)27-11-13-28(14-12-27)20-24-8-2-9-25-20;/h2-6,8-9H,7,10-15H2,1H3,(H2,22,23,26);1H. The number of carbonyl (C=O) groups excluding carboxylic acids is 1. The van der Waals surface area contributed by atoms with Crippen molar-refractivity contribution in [2.24, 2.45) is 4.99 Å². The first-order valence-corrected chi connectivity index (χ1v) is 10.0. The molecule has 2 heterocycles. The Kier molecular flexibility index (Phi) is 10.1. The zero-order valence-corrected chi connectivity index (χ0v) is 20.0. The van der Waals surface area contributed by atoms with Gasteiger partial charge in [-0.15, -0.1) is 24.0 Å². The molecule has 162 valence electrons. The first-order chi connectivity index (χ1) is 14.2. The predicted octanol–water partition coefficient (Wildman–Crippen LogP) is 2.15. The molecule has 1 aromatic heterocycles. The highest BCUT2D eigenvalue weighted by Crippen LogP contribution is 2.10. The summed E-state index contributed by atoms with van der Waals surface area (Å²) in [6, 6.07) is 9.45. The number of nitrogens with zero attached hydrogens (tertiary/aromatic N) is 5. The van der Waals surface area contributed by atoms with Gasteiger partial charge in [0.2, 0.25) is 11.9 Å². The highest BCUT2D eigenvalue weighted by molar-refractivity contribution is 14.0. The van der Waals surface area contributed by atoms with E-state index in [1.165, 1.54) is 0 Å². The molecule has 0 unspecified atom stereocenters. The van der Waals surface area contributed by atoms with Crippen molar-refractivity contribution in [3.8, 4) is 0 Å². The van der Waals surface area contributed by atoms with Crippen molar-refractivity contribution in [1.29, 1.82) is 0 Å². The normalized spacial score (nSPS) is 14.1. The fourth-order valence-corrected chi connectivity index (χ4v) is 3.19. The lowest BCUT2D eigenvalue weighted by atomic mass is 10.2. The molecular formula is C20H27ClIN7O. The van der Waals surface area contributed by atoms with Gasteiger partial charge in [-0.05, 0) is 23.8 Å². The third-order valence-electron chi connectivity index (χ3n) is 4.70. The number of aliphatic imine (C=N–C) groups is 1. The van der Waals surface area contributed by atoms with Crippen LogP contribution in [0.4, 0.5) is 5.95 Å². The van der Waals surface area contributed by atoms with E-state index in [2.05, 4.69) is 30.5 Å². The van der Waals surface area contributed by atoms with Crippen molar-refractivity contribution < 1.29 is 4.79 Å². The molecule has 1 aliphatic heterocycles. The van der Waals surface area contributed by atoms with Crippen molar-refractivity contribution in [1.82, 2.24) is 25.5 Å². The molecular weight excluding hydrogens is 517 g/mol. The van der Waals surface area contributed by atoms with Gasteiger partial charge in [0.25, 0.3) is 0 Å². The number of guanidine groups is 1. The Morgan fingerprint density at radius 2 is 1.77 bits per heavy atom. The van der Waals surface area contributed by atoms with Gasteiger partial charge < -0.3 is 20.4 Å². The lowest BCUT2D eigenvalue weighted by Crippen LogP contribution is -2.50. The van der Waals surface area contributed by atoms with E-state index in [-0.39, 0.29) is 29.9 Å². The van der Waals surface area contributed by atoms with E-state index in [0.29, 0.717) is 43.6 Å². The quantitative estimate of drug-likeness (QED) is 0.330. The molecule has 2 aromatic rings. The molecule has 0 aliphatic carbocycles. The molecule has 0 radical (unpaired) electrons. The van der Waals surface area contributed by atoms with Crippen molar-refractivity contribution >= 4 is 53.4 Å². The number of piperazine rings is 1. The van der Waals surface area contributed by atoms with Crippen LogP contribution in [0.5, 0.6) is 0 Å². The van der Waals surface area contributed by atoms with Crippen LogP contribution in [0.3, 0.4) is 0 Å².